The molecule has 0 N–H and O–H groups in total. The van der Waals surface area contributed by atoms with Crippen LogP contribution in [0.5, 0.6) is 0 Å². The van der Waals surface area contributed by atoms with E-state index in [1.807, 2.05) is 72.8 Å². The van der Waals surface area contributed by atoms with Crippen molar-refractivity contribution in [2.75, 3.05) is 7.11 Å². The fourth-order valence-corrected chi connectivity index (χ4v) is 5.14. The SMILES string of the molecule is COn1c(-c2ccccc2)c(-c2ccccc2)c2c(I)c3cccccc-3c2c1=O. The smallest absolute Gasteiger partial charge is 0.292 e. The van der Waals surface area contributed by atoms with Gasteiger partial charge in [0.15, 0.2) is 0 Å². The van der Waals surface area contributed by atoms with Crippen LogP contribution in [-0.2, 0) is 0 Å². The summed E-state index contributed by atoms with van der Waals surface area (Å²) in [5.41, 5.74) is 5.60. The average Bonchev–Trinajstić information content (AvgIpc) is 2.94. The van der Waals surface area contributed by atoms with E-state index < -0.39 is 0 Å². The summed E-state index contributed by atoms with van der Waals surface area (Å²) in [7, 11) is 1.55. The van der Waals surface area contributed by atoms with Gasteiger partial charge in [-0.1, -0.05) is 91.0 Å². The molecule has 3 nitrogen and oxygen atoms in total. The van der Waals surface area contributed by atoms with Crippen molar-refractivity contribution in [1.29, 1.82) is 0 Å². The molecule has 146 valence electrons. The molecule has 1 aromatic heterocycles. The van der Waals surface area contributed by atoms with Gasteiger partial charge >= 0.3 is 0 Å². The van der Waals surface area contributed by atoms with Gasteiger partial charge in [0.25, 0.3) is 5.56 Å². The van der Waals surface area contributed by atoms with Gasteiger partial charge in [-0.25, -0.2) is 0 Å². The molecule has 0 atom stereocenters. The lowest BCUT2D eigenvalue weighted by Gasteiger charge is -2.18. The van der Waals surface area contributed by atoms with E-state index >= 15 is 0 Å². The van der Waals surface area contributed by atoms with E-state index in [1.165, 1.54) is 4.73 Å². The maximum Gasteiger partial charge on any atom is 0.292 e. The molecular formula is C26H18INO2. The van der Waals surface area contributed by atoms with Gasteiger partial charge in [-0.15, -0.1) is 4.73 Å². The first kappa shape index (κ1) is 18.9. The molecule has 0 radical (unpaired) electrons. The molecule has 0 amide bonds. The molecule has 0 fully saturated rings. The van der Waals surface area contributed by atoms with E-state index in [1.54, 1.807) is 7.11 Å². The molecule has 0 spiro atoms. The van der Waals surface area contributed by atoms with Crippen LogP contribution in [0, 0.1) is 3.57 Å². The number of benzene rings is 2. The predicted octanol–water partition coefficient (Wildman–Crippen LogP) is 6.10. The Labute approximate surface area is 188 Å². The number of hydrogen-bond donors (Lipinski definition) is 0. The molecule has 30 heavy (non-hydrogen) atoms. The Balaban J connectivity index is 2.10. The largest absolute Gasteiger partial charge is 0.413 e. The molecule has 3 aromatic rings. The van der Waals surface area contributed by atoms with E-state index in [0.717, 1.165) is 42.5 Å². The molecule has 5 rings (SSSR count). The van der Waals surface area contributed by atoms with E-state index in [9.17, 15) is 4.79 Å². The maximum absolute atomic E-state index is 13.7. The van der Waals surface area contributed by atoms with Crippen molar-refractivity contribution >= 4 is 33.4 Å². The molecule has 1 heterocycles. The highest BCUT2D eigenvalue weighted by atomic mass is 127. The highest BCUT2D eigenvalue weighted by molar-refractivity contribution is 14.1. The summed E-state index contributed by atoms with van der Waals surface area (Å²) in [5, 5.41) is 1.66. The molecule has 2 aliphatic carbocycles. The van der Waals surface area contributed by atoms with Crippen molar-refractivity contribution in [3.63, 3.8) is 0 Å². The summed E-state index contributed by atoms with van der Waals surface area (Å²) in [6.45, 7) is 0. The number of fused-ring (bicyclic) bond motifs is 3. The highest BCUT2D eigenvalue weighted by Crippen LogP contribution is 2.45. The lowest BCUT2D eigenvalue weighted by Crippen LogP contribution is -2.27. The molecule has 0 bridgehead atoms. The van der Waals surface area contributed by atoms with Crippen LogP contribution in [0.4, 0.5) is 0 Å². The van der Waals surface area contributed by atoms with Crippen molar-refractivity contribution in [3.8, 4) is 33.5 Å². The monoisotopic (exact) mass is 503 g/mol. The summed E-state index contributed by atoms with van der Waals surface area (Å²) in [5.74, 6) is 0. The number of pyridine rings is 1. The first-order valence-corrected chi connectivity index (χ1v) is 10.7. The van der Waals surface area contributed by atoms with Gasteiger partial charge in [0.2, 0.25) is 0 Å². The van der Waals surface area contributed by atoms with Crippen molar-refractivity contribution in [1.82, 2.24) is 4.73 Å². The Bertz CT molecular complexity index is 1390. The molecule has 2 aliphatic rings. The minimum Gasteiger partial charge on any atom is -0.413 e. The summed E-state index contributed by atoms with van der Waals surface area (Å²) < 4.78 is 2.51. The Kier molecular flexibility index (Phi) is 4.79. The van der Waals surface area contributed by atoms with Crippen molar-refractivity contribution in [3.05, 3.63) is 105 Å². The summed E-state index contributed by atoms with van der Waals surface area (Å²) in [6.07, 6.45) is 0. The zero-order valence-corrected chi connectivity index (χ0v) is 18.5. The number of rotatable bonds is 3. The topological polar surface area (TPSA) is 31.2 Å². The zero-order valence-electron chi connectivity index (χ0n) is 16.3. The quantitative estimate of drug-likeness (QED) is 0.279. The summed E-state index contributed by atoms with van der Waals surface area (Å²) >= 11 is 2.37. The first-order chi connectivity index (χ1) is 14.7. The lowest BCUT2D eigenvalue weighted by molar-refractivity contribution is 0.163. The minimum absolute atomic E-state index is 0.148. The van der Waals surface area contributed by atoms with Crippen molar-refractivity contribution in [2.24, 2.45) is 0 Å². The van der Waals surface area contributed by atoms with Crippen LogP contribution in [-0.4, -0.2) is 11.8 Å². The van der Waals surface area contributed by atoms with E-state index in [4.69, 9.17) is 4.84 Å². The number of aromatic nitrogens is 1. The van der Waals surface area contributed by atoms with E-state index in [-0.39, 0.29) is 5.56 Å². The Morgan fingerprint density at radius 2 is 1.23 bits per heavy atom. The Hall–Kier alpha value is -3.12. The number of hydrogen-bond acceptors (Lipinski definition) is 2. The van der Waals surface area contributed by atoms with Crippen LogP contribution in [0.1, 0.15) is 0 Å². The molecule has 4 heteroatoms. The molecule has 0 aliphatic heterocycles. The molecule has 0 saturated carbocycles. The van der Waals surface area contributed by atoms with Crippen LogP contribution in [0.15, 0.2) is 95.8 Å². The minimum atomic E-state index is -0.148. The van der Waals surface area contributed by atoms with Gasteiger partial charge in [-0.2, -0.15) is 0 Å². The van der Waals surface area contributed by atoms with Gasteiger partial charge in [0.1, 0.15) is 7.11 Å². The van der Waals surface area contributed by atoms with Gasteiger partial charge in [0.05, 0.1) is 11.1 Å². The summed E-state index contributed by atoms with van der Waals surface area (Å²) in [6, 6.07) is 30.2. The first-order valence-electron chi connectivity index (χ1n) is 9.66. The van der Waals surface area contributed by atoms with Crippen molar-refractivity contribution < 1.29 is 4.84 Å². The van der Waals surface area contributed by atoms with Gasteiger partial charge in [-0.3, -0.25) is 4.79 Å². The predicted molar refractivity (Wildman–Crippen MR) is 131 cm³/mol. The zero-order chi connectivity index (χ0) is 20.7. The van der Waals surface area contributed by atoms with Gasteiger partial charge in [0, 0.05) is 20.1 Å². The Morgan fingerprint density at radius 1 is 0.700 bits per heavy atom. The lowest BCUT2D eigenvalue weighted by atomic mass is 9.95. The second-order valence-corrected chi connectivity index (χ2v) is 8.12. The van der Waals surface area contributed by atoms with E-state index in [2.05, 4.69) is 40.8 Å². The third kappa shape index (κ3) is 2.82. The maximum atomic E-state index is 13.7. The standard InChI is InChI=1S/C26H18INO2/c1-30-28-25(18-13-7-3-8-14-18)21(17-11-5-2-6-12-17)23-22(26(28)29)19-15-9-4-10-16-20(19)24(23)27/h2-16H,1H3. The second kappa shape index (κ2) is 7.61. The molecule has 2 aromatic carbocycles. The molecule has 0 unspecified atom stereocenters. The van der Waals surface area contributed by atoms with Crippen molar-refractivity contribution in [2.45, 2.75) is 0 Å². The van der Waals surface area contributed by atoms with Crippen LogP contribution in [0.25, 0.3) is 44.3 Å². The van der Waals surface area contributed by atoms with Crippen LogP contribution in [0.2, 0.25) is 0 Å². The fourth-order valence-electron chi connectivity index (χ4n) is 4.13. The van der Waals surface area contributed by atoms with Crippen LogP contribution < -0.4 is 10.4 Å². The van der Waals surface area contributed by atoms with Crippen LogP contribution in [0.3, 0.4) is 0 Å². The third-order valence-electron chi connectivity index (χ3n) is 5.39. The van der Waals surface area contributed by atoms with E-state index in [0.29, 0.717) is 5.39 Å². The Morgan fingerprint density at radius 3 is 1.83 bits per heavy atom. The normalized spacial score (nSPS) is 11.1. The van der Waals surface area contributed by atoms with Gasteiger partial charge in [-0.05, 0) is 39.3 Å². The average molecular weight is 503 g/mol. The molecule has 0 saturated heterocycles. The third-order valence-corrected chi connectivity index (χ3v) is 6.51. The van der Waals surface area contributed by atoms with Crippen LogP contribution >= 0.6 is 22.6 Å². The fraction of sp³-hybridized carbons (Fsp3) is 0.0385. The summed E-state index contributed by atoms with van der Waals surface area (Å²) in [4.78, 5) is 19.4. The number of halogens is 1. The van der Waals surface area contributed by atoms with Gasteiger partial charge < -0.3 is 4.84 Å². The second-order valence-electron chi connectivity index (χ2n) is 7.04. The highest BCUT2D eigenvalue weighted by Gasteiger charge is 2.27. The number of nitrogens with zero attached hydrogens (tertiary/aromatic N) is 1. The molecular weight excluding hydrogens is 485 g/mol.